The molecule has 1 amide bonds. The number of nitrogens with one attached hydrogen (secondary N) is 1. The summed E-state index contributed by atoms with van der Waals surface area (Å²) in [6.07, 6.45) is 1.35. The van der Waals surface area contributed by atoms with Gasteiger partial charge < -0.3 is 10.4 Å². The van der Waals surface area contributed by atoms with Gasteiger partial charge in [0.25, 0.3) is 5.91 Å². The topological polar surface area (TPSA) is 73.1 Å². The molecular weight excluding hydrogens is 252 g/mol. The van der Waals surface area contributed by atoms with Crippen LogP contribution in [0.1, 0.15) is 5.56 Å². The molecule has 2 rings (SSSR count). The third-order valence-corrected chi connectivity index (χ3v) is 2.63. The molecule has 0 saturated carbocycles. The molecule has 20 heavy (non-hydrogen) atoms. The number of phenols is 1. The summed E-state index contributed by atoms with van der Waals surface area (Å²) in [6.45, 7) is 0. The maximum absolute atomic E-state index is 12.0. The smallest absolute Gasteiger partial charge is 0.266 e. The van der Waals surface area contributed by atoms with Crippen LogP contribution in [0.3, 0.4) is 0 Å². The molecule has 0 saturated heterocycles. The van der Waals surface area contributed by atoms with Crippen molar-refractivity contribution in [2.24, 2.45) is 0 Å². The number of hydrogen-bond donors (Lipinski definition) is 2. The molecule has 0 atom stereocenters. The molecule has 0 heterocycles. The van der Waals surface area contributed by atoms with Crippen molar-refractivity contribution in [3.05, 3.63) is 65.7 Å². The molecule has 2 N–H and O–H groups in total. The lowest BCUT2D eigenvalue weighted by Crippen LogP contribution is -2.13. The van der Waals surface area contributed by atoms with Crippen LogP contribution in [0.15, 0.2) is 60.2 Å². The van der Waals surface area contributed by atoms with Crippen LogP contribution < -0.4 is 5.32 Å². The van der Waals surface area contributed by atoms with Crippen LogP contribution in [0.2, 0.25) is 0 Å². The van der Waals surface area contributed by atoms with Gasteiger partial charge in [-0.2, -0.15) is 5.26 Å². The van der Waals surface area contributed by atoms with E-state index in [1.54, 1.807) is 42.5 Å². The average Bonchev–Trinajstić information content (AvgIpc) is 2.47. The van der Waals surface area contributed by atoms with E-state index in [1.807, 2.05) is 12.1 Å². The van der Waals surface area contributed by atoms with E-state index in [1.165, 1.54) is 12.1 Å². The molecule has 4 nitrogen and oxygen atoms in total. The van der Waals surface area contributed by atoms with Crippen molar-refractivity contribution in [3.63, 3.8) is 0 Å². The molecule has 0 aliphatic rings. The van der Waals surface area contributed by atoms with E-state index in [0.29, 0.717) is 11.3 Å². The third kappa shape index (κ3) is 3.24. The minimum atomic E-state index is -0.512. The molecule has 0 unspecified atom stereocenters. The lowest BCUT2D eigenvalue weighted by atomic mass is 10.1. The van der Waals surface area contributed by atoms with Crippen molar-refractivity contribution in [3.8, 4) is 11.8 Å². The van der Waals surface area contributed by atoms with Crippen LogP contribution in [0.5, 0.6) is 5.75 Å². The fourth-order valence-corrected chi connectivity index (χ4v) is 1.63. The van der Waals surface area contributed by atoms with E-state index in [-0.39, 0.29) is 11.3 Å². The molecule has 0 fully saturated rings. The fourth-order valence-electron chi connectivity index (χ4n) is 1.63. The molecule has 0 aliphatic heterocycles. The summed E-state index contributed by atoms with van der Waals surface area (Å²) in [5.41, 5.74) is 0.957. The van der Waals surface area contributed by atoms with E-state index in [4.69, 9.17) is 5.26 Å². The van der Waals surface area contributed by atoms with Gasteiger partial charge in [0.05, 0.1) is 0 Å². The van der Waals surface area contributed by atoms with Crippen LogP contribution in [0, 0.1) is 11.3 Å². The van der Waals surface area contributed by atoms with Gasteiger partial charge in [-0.05, 0) is 24.3 Å². The predicted molar refractivity (Wildman–Crippen MR) is 76.8 cm³/mol. The Bertz CT molecular complexity index is 685. The van der Waals surface area contributed by atoms with Crippen molar-refractivity contribution < 1.29 is 9.90 Å². The number of anilines is 1. The Kier molecular flexibility index (Phi) is 4.15. The molecule has 2 aromatic rings. The standard InChI is InChI=1S/C16H12N2O2/c17-11-13(10-12-6-4-5-9-15(12)19)16(20)18-14-7-2-1-3-8-14/h1-10,19H,(H,18,20)/b13-10-. The number of carbonyl (C=O) groups is 1. The lowest BCUT2D eigenvalue weighted by molar-refractivity contribution is -0.112. The van der Waals surface area contributed by atoms with E-state index < -0.39 is 5.91 Å². The third-order valence-electron chi connectivity index (χ3n) is 2.63. The van der Waals surface area contributed by atoms with Gasteiger partial charge in [0, 0.05) is 11.3 Å². The van der Waals surface area contributed by atoms with Crippen molar-refractivity contribution in [1.29, 1.82) is 5.26 Å². The van der Waals surface area contributed by atoms with Gasteiger partial charge in [0.1, 0.15) is 17.4 Å². The summed E-state index contributed by atoms with van der Waals surface area (Å²) in [7, 11) is 0. The van der Waals surface area contributed by atoms with Gasteiger partial charge in [0.2, 0.25) is 0 Å². The predicted octanol–water partition coefficient (Wildman–Crippen LogP) is 2.94. The summed E-state index contributed by atoms with van der Waals surface area (Å²) in [4.78, 5) is 12.0. The maximum atomic E-state index is 12.0. The first-order chi connectivity index (χ1) is 9.70. The number of amides is 1. The van der Waals surface area contributed by atoms with E-state index >= 15 is 0 Å². The number of rotatable bonds is 3. The van der Waals surface area contributed by atoms with Crippen LogP contribution in [0.25, 0.3) is 6.08 Å². The fraction of sp³-hybridized carbons (Fsp3) is 0. The van der Waals surface area contributed by atoms with Gasteiger partial charge in [0.15, 0.2) is 0 Å². The number of benzene rings is 2. The Balaban J connectivity index is 2.23. The van der Waals surface area contributed by atoms with E-state index in [9.17, 15) is 9.90 Å². The number of para-hydroxylation sites is 2. The molecule has 4 heteroatoms. The first-order valence-electron chi connectivity index (χ1n) is 5.97. The second kappa shape index (κ2) is 6.21. The summed E-state index contributed by atoms with van der Waals surface area (Å²) in [5.74, 6) is -0.491. The Labute approximate surface area is 116 Å². The maximum Gasteiger partial charge on any atom is 0.266 e. The Morgan fingerprint density at radius 2 is 1.75 bits per heavy atom. The summed E-state index contributed by atoms with van der Waals surface area (Å²) in [5, 5.41) is 21.3. The van der Waals surface area contributed by atoms with Gasteiger partial charge in [-0.1, -0.05) is 36.4 Å². The monoisotopic (exact) mass is 264 g/mol. The lowest BCUT2D eigenvalue weighted by Gasteiger charge is -2.04. The number of carbonyl (C=O) groups excluding carboxylic acids is 1. The molecule has 0 aromatic heterocycles. The van der Waals surface area contributed by atoms with Gasteiger partial charge in [-0.25, -0.2) is 0 Å². The highest BCUT2D eigenvalue weighted by molar-refractivity contribution is 6.09. The second-order valence-electron chi connectivity index (χ2n) is 4.05. The molecular formula is C16H12N2O2. The Morgan fingerprint density at radius 3 is 2.40 bits per heavy atom. The second-order valence-corrected chi connectivity index (χ2v) is 4.05. The van der Waals surface area contributed by atoms with Crippen molar-refractivity contribution in [1.82, 2.24) is 0 Å². The van der Waals surface area contributed by atoms with Crippen LogP contribution in [0.4, 0.5) is 5.69 Å². The normalized spacial score (nSPS) is 10.7. The minimum Gasteiger partial charge on any atom is -0.507 e. The Morgan fingerprint density at radius 1 is 1.10 bits per heavy atom. The number of nitriles is 1. The van der Waals surface area contributed by atoms with Crippen molar-refractivity contribution in [2.45, 2.75) is 0 Å². The number of phenolic OH excluding ortho intramolecular Hbond substituents is 1. The summed E-state index contributed by atoms with van der Waals surface area (Å²) >= 11 is 0. The molecule has 0 bridgehead atoms. The molecule has 2 aromatic carbocycles. The number of aromatic hydroxyl groups is 1. The quantitative estimate of drug-likeness (QED) is 0.661. The minimum absolute atomic E-state index is 0.0211. The largest absolute Gasteiger partial charge is 0.507 e. The first-order valence-corrected chi connectivity index (χ1v) is 5.97. The molecule has 0 aliphatic carbocycles. The Hall–Kier alpha value is -3.06. The highest BCUT2D eigenvalue weighted by atomic mass is 16.3. The highest BCUT2D eigenvalue weighted by Crippen LogP contribution is 2.19. The van der Waals surface area contributed by atoms with Crippen molar-refractivity contribution in [2.75, 3.05) is 5.32 Å². The summed E-state index contributed by atoms with van der Waals surface area (Å²) < 4.78 is 0. The first kappa shape index (κ1) is 13.4. The molecule has 0 radical (unpaired) electrons. The average molecular weight is 264 g/mol. The van der Waals surface area contributed by atoms with Crippen LogP contribution in [-0.4, -0.2) is 11.0 Å². The molecule has 98 valence electrons. The van der Waals surface area contributed by atoms with Gasteiger partial charge >= 0.3 is 0 Å². The zero-order chi connectivity index (χ0) is 14.4. The SMILES string of the molecule is N#C/C(=C/c1ccccc1O)C(=O)Nc1ccccc1. The number of nitrogens with zero attached hydrogens (tertiary/aromatic N) is 1. The summed E-state index contributed by atoms with van der Waals surface area (Å²) in [6, 6.07) is 17.2. The van der Waals surface area contributed by atoms with Crippen LogP contribution >= 0.6 is 0 Å². The zero-order valence-corrected chi connectivity index (χ0v) is 10.6. The number of hydrogen-bond acceptors (Lipinski definition) is 3. The van der Waals surface area contributed by atoms with Gasteiger partial charge in [-0.15, -0.1) is 0 Å². The zero-order valence-electron chi connectivity index (χ0n) is 10.6. The molecule has 0 spiro atoms. The van der Waals surface area contributed by atoms with E-state index in [0.717, 1.165) is 0 Å². The highest BCUT2D eigenvalue weighted by Gasteiger charge is 2.10. The van der Waals surface area contributed by atoms with Crippen LogP contribution in [-0.2, 0) is 4.79 Å². The van der Waals surface area contributed by atoms with E-state index in [2.05, 4.69) is 5.32 Å². The van der Waals surface area contributed by atoms with Crippen molar-refractivity contribution >= 4 is 17.7 Å². The van der Waals surface area contributed by atoms with Gasteiger partial charge in [-0.3, -0.25) is 4.79 Å².